The molecule has 0 unspecified atom stereocenters. The van der Waals surface area contributed by atoms with Crippen molar-refractivity contribution in [3.63, 3.8) is 0 Å². The first kappa shape index (κ1) is 7.71. The van der Waals surface area contributed by atoms with Crippen molar-refractivity contribution in [3.8, 4) is 0 Å². The lowest BCUT2D eigenvalue weighted by atomic mass is 10.4. The normalized spacial score (nSPS) is 9.55. The molecule has 5 nitrogen and oxygen atoms in total. The number of carbonyl (C=O) groups is 1. The van der Waals surface area contributed by atoms with Crippen molar-refractivity contribution in [1.29, 1.82) is 0 Å². The van der Waals surface area contributed by atoms with Crippen molar-refractivity contribution in [2.45, 2.75) is 19.9 Å². The first-order valence-electron chi connectivity index (χ1n) is 3.35. The Kier molecular flexibility index (Phi) is 2.59. The Morgan fingerprint density at radius 1 is 1.82 bits per heavy atom. The molecular formula is C6H9N3O2. The predicted molar refractivity (Wildman–Crippen MR) is 36.4 cm³/mol. The van der Waals surface area contributed by atoms with Crippen LogP contribution in [0.2, 0.25) is 0 Å². The standard InChI is InChI=1S/C6H9N3O2/c1-2-6(10)7-3-5-8-4-11-9-5/h4H,2-3H2,1H3,(H,7,10). The summed E-state index contributed by atoms with van der Waals surface area (Å²) in [5, 5.41) is 6.13. The summed E-state index contributed by atoms with van der Waals surface area (Å²) in [5.41, 5.74) is 0. The van der Waals surface area contributed by atoms with E-state index < -0.39 is 0 Å². The Morgan fingerprint density at radius 2 is 2.64 bits per heavy atom. The van der Waals surface area contributed by atoms with Crippen LogP contribution < -0.4 is 5.32 Å². The van der Waals surface area contributed by atoms with Crippen molar-refractivity contribution in [1.82, 2.24) is 15.5 Å². The molecule has 1 N–H and O–H groups in total. The average Bonchev–Trinajstić information content (AvgIpc) is 2.52. The molecule has 0 fully saturated rings. The van der Waals surface area contributed by atoms with E-state index in [1.165, 1.54) is 6.39 Å². The fourth-order valence-corrected chi connectivity index (χ4v) is 0.573. The van der Waals surface area contributed by atoms with E-state index in [0.29, 0.717) is 18.8 Å². The van der Waals surface area contributed by atoms with E-state index >= 15 is 0 Å². The molecule has 1 aromatic rings. The van der Waals surface area contributed by atoms with Gasteiger partial charge in [0.2, 0.25) is 12.3 Å². The van der Waals surface area contributed by atoms with E-state index in [-0.39, 0.29) is 5.91 Å². The molecule has 0 saturated heterocycles. The fourth-order valence-electron chi connectivity index (χ4n) is 0.573. The molecule has 0 aliphatic heterocycles. The van der Waals surface area contributed by atoms with Crippen molar-refractivity contribution in [2.75, 3.05) is 0 Å². The van der Waals surface area contributed by atoms with Crippen molar-refractivity contribution in [2.24, 2.45) is 0 Å². The summed E-state index contributed by atoms with van der Waals surface area (Å²) >= 11 is 0. The second kappa shape index (κ2) is 3.70. The summed E-state index contributed by atoms with van der Waals surface area (Å²) in [7, 11) is 0. The van der Waals surface area contributed by atoms with E-state index in [4.69, 9.17) is 0 Å². The molecule has 0 saturated carbocycles. The van der Waals surface area contributed by atoms with Gasteiger partial charge in [-0.3, -0.25) is 4.79 Å². The van der Waals surface area contributed by atoms with Gasteiger partial charge in [-0.25, -0.2) is 0 Å². The third-order valence-corrected chi connectivity index (χ3v) is 1.17. The Bertz CT molecular complexity index is 220. The van der Waals surface area contributed by atoms with Gasteiger partial charge in [0.25, 0.3) is 0 Å². The van der Waals surface area contributed by atoms with Crippen molar-refractivity contribution < 1.29 is 9.32 Å². The minimum atomic E-state index is -0.0187. The molecule has 0 atom stereocenters. The van der Waals surface area contributed by atoms with Gasteiger partial charge in [-0.15, -0.1) is 0 Å². The molecule has 1 aromatic heterocycles. The van der Waals surface area contributed by atoms with Gasteiger partial charge in [0.15, 0.2) is 5.82 Å². The topological polar surface area (TPSA) is 68.0 Å². The number of aromatic nitrogens is 2. The van der Waals surface area contributed by atoms with Gasteiger partial charge in [0.05, 0.1) is 6.54 Å². The summed E-state index contributed by atoms with van der Waals surface area (Å²) in [6, 6.07) is 0. The minimum Gasteiger partial charge on any atom is -0.349 e. The summed E-state index contributed by atoms with van der Waals surface area (Å²) in [6.45, 7) is 2.12. The first-order chi connectivity index (χ1) is 5.33. The maximum absolute atomic E-state index is 10.7. The van der Waals surface area contributed by atoms with Gasteiger partial charge < -0.3 is 9.84 Å². The number of amides is 1. The Morgan fingerprint density at radius 3 is 3.18 bits per heavy atom. The van der Waals surface area contributed by atoms with E-state index in [1.54, 1.807) is 6.92 Å². The third kappa shape index (κ3) is 2.37. The summed E-state index contributed by atoms with van der Waals surface area (Å²) in [4.78, 5) is 14.4. The maximum atomic E-state index is 10.7. The molecule has 1 amide bonds. The molecule has 11 heavy (non-hydrogen) atoms. The number of carbonyl (C=O) groups excluding carboxylic acids is 1. The highest BCUT2D eigenvalue weighted by molar-refractivity contribution is 5.75. The second-order valence-corrected chi connectivity index (χ2v) is 1.98. The molecule has 5 heteroatoms. The quantitative estimate of drug-likeness (QED) is 0.672. The maximum Gasteiger partial charge on any atom is 0.220 e. The van der Waals surface area contributed by atoms with Crippen LogP contribution in [0.15, 0.2) is 10.9 Å². The number of hydrogen-bond donors (Lipinski definition) is 1. The molecule has 0 aliphatic rings. The van der Waals surface area contributed by atoms with Crippen LogP contribution in [0.25, 0.3) is 0 Å². The van der Waals surface area contributed by atoms with E-state index in [1.807, 2.05) is 0 Å². The van der Waals surface area contributed by atoms with E-state index in [0.717, 1.165) is 0 Å². The molecule has 0 aromatic carbocycles. The van der Waals surface area contributed by atoms with Crippen LogP contribution in [0.1, 0.15) is 19.2 Å². The fraction of sp³-hybridized carbons (Fsp3) is 0.500. The third-order valence-electron chi connectivity index (χ3n) is 1.17. The average molecular weight is 155 g/mol. The Balaban J connectivity index is 2.29. The van der Waals surface area contributed by atoms with Gasteiger partial charge in [-0.1, -0.05) is 12.1 Å². The summed E-state index contributed by atoms with van der Waals surface area (Å²) in [6.07, 6.45) is 1.70. The number of nitrogens with one attached hydrogen (secondary N) is 1. The number of rotatable bonds is 3. The van der Waals surface area contributed by atoms with Gasteiger partial charge in [0.1, 0.15) is 0 Å². The van der Waals surface area contributed by atoms with Crippen LogP contribution in [0.5, 0.6) is 0 Å². The minimum absolute atomic E-state index is 0.0187. The molecule has 1 rings (SSSR count). The lowest BCUT2D eigenvalue weighted by Crippen LogP contribution is -2.21. The first-order valence-corrected chi connectivity index (χ1v) is 3.35. The number of hydrogen-bond acceptors (Lipinski definition) is 4. The van der Waals surface area contributed by atoms with Crippen LogP contribution in [0.4, 0.5) is 0 Å². The van der Waals surface area contributed by atoms with Gasteiger partial charge >= 0.3 is 0 Å². The lowest BCUT2D eigenvalue weighted by Gasteiger charge is -1.96. The highest BCUT2D eigenvalue weighted by Gasteiger charge is 1.99. The van der Waals surface area contributed by atoms with Crippen LogP contribution >= 0.6 is 0 Å². The predicted octanol–water partition coefficient (Wildman–Crippen LogP) is 0.0958. The zero-order valence-electron chi connectivity index (χ0n) is 6.20. The summed E-state index contributed by atoms with van der Waals surface area (Å²) < 4.78 is 4.47. The molecule has 0 radical (unpaired) electrons. The summed E-state index contributed by atoms with van der Waals surface area (Å²) in [5.74, 6) is 0.474. The van der Waals surface area contributed by atoms with Crippen molar-refractivity contribution in [3.05, 3.63) is 12.2 Å². The SMILES string of the molecule is CCC(=O)NCc1ncon1. The van der Waals surface area contributed by atoms with Crippen LogP contribution in [0, 0.1) is 0 Å². The largest absolute Gasteiger partial charge is 0.349 e. The Labute approximate surface area is 63.8 Å². The zero-order valence-corrected chi connectivity index (χ0v) is 6.20. The lowest BCUT2D eigenvalue weighted by molar-refractivity contribution is -0.120. The van der Waals surface area contributed by atoms with Crippen LogP contribution in [-0.2, 0) is 11.3 Å². The molecule has 0 spiro atoms. The molecule has 0 bridgehead atoms. The van der Waals surface area contributed by atoms with E-state index in [9.17, 15) is 4.79 Å². The molecule has 0 aliphatic carbocycles. The van der Waals surface area contributed by atoms with Crippen molar-refractivity contribution >= 4 is 5.91 Å². The molecule has 60 valence electrons. The van der Waals surface area contributed by atoms with Crippen LogP contribution in [0.3, 0.4) is 0 Å². The highest BCUT2D eigenvalue weighted by Crippen LogP contribution is 1.86. The molecule has 1 heterocycles. The van der Waals surface area contributed by atoms with Gasteiger partial charge in [-0.05, 0) is 0 Å². The highest BCUT2D eigenvalue weighted by atomic mass is 16.5. The Hall–Kier alpha value is -1.39. The second-order valence-electron chi connectivity index (χ2n) is 1.98. The molecular weight excluding hydrogens is 146 g/mol. The number of nitrogens with zero attached hydrogens (tertiary/aromatic N) is 2. The van der Waals surface area contributed by atoms with E-state index in [2.05, 4.69) is 20.0 Å². The monoisotopic (exact) mass is 155 g/mol. The van der Waals surface area contributed by atoms with Gasteiger partial charge in [-0.2, -0.15) is 4.98 Å². The smallest absolute Gasteiger partial charge is 0.220 e. The van der Waals surface area contributed by atoms with Crippen LogP contribution in [-0.4, -0.2) is 16.0 Å². The zero-order chi connectivity index (χ0) is 8.10. The van der Waals surface area contributed by atoms with Gasteiger partial charge in [0, 0.05) is 6.42 Å².